The van der Waals surface area contributed by atoms with Gasteiger partial charge in [-0.1, -0.05) is 29.8 Å². The average Bonchev–Trinajstić information content (AvgIpc) is 2.81. The minimum absolute atomic E-state index is 0.173. The first kappa shape index (κ1) is 14.4. The summed E-state index contributed by atoms with van der Waals surface area (Å²) >= 11 is 1.29. The van der Waals surface area contributed by atoms with Crippen molar-refractivity contribution in [3.63, 3.8) is 0 Å². The molecule has 1 amide bonds. The van der Waals surface area contributed by atoms with Crippen LogP contribution < -0.4 is 5.32 Å². The van der Waals surface area contributed by atoms with Gasteiger partial charge in [-0.25, -0.2) is 4.99 Å². The lowest BCUT2D eigenvalue weighted by Crippen LogP contribution is -2.19. The number of aromatic hydroxyl groups is 1. The summed E-state index contributed by atoms with van der Waals surface area (Å²) in [6.45, 7) is 2.01. The number of aliphatic imine (C=N–C) groups is 1. The van der Waals surface area contributed by atoms with Gasteiger partial charge in [-0.15, -0.1) is 0 Å². The molecular weight excluding hydrogens is 296 g/mol. The number of amides is 1. The molecule has 0 unspecified atom stereocenters. The Kier molecular flexibility index (Phi) is 3.98. The van der Waals surface area contributed by atoms with Gasteiger partial charge in [-0.2, -0.15) is 0 Å². The predicted molar refractivity (Wildman–Crippen MR) is 90.1 cm³/mol. The van der Waals surface area contributed by atoms with E-state index in [4.69, 9.17) is 0 Å². The number of hydrogen-bond acceptors (Lipinski definition) is 4. The van der Waals surface area contributed by atoms with E-state index in [1.165, 1.54) is 11.8 Å². The summed E-state index contributed by atoms with van der Waals surface area (Å²) in [7, 11) is 0. The number of carbonyl (C=O) groups excluding carboxylic acids is 1. The number of phenols is 1. The van der Waals surface area contributed by atoms with Gasteiger partial charge >= 0.3 is 0 Å². The zero-order chi connectivity index (χ0) is 15.5. The number of benzene rings is 2. The third-order valence-corrected chi connectivity index (χ3v) is 3.99. The van der Waals surface area contributed by atoms with Crippen LogP contribution >= 0.6 is 11.8 Å². The van der Waals surface area contributed by atoms with Gasteiger partial charge in [0.15, 0.2) is 5.17 Å². The zero-order valence-corrected chi connectivity index (χ0v) is 12.7. The van der Waals surface area contributed by atoms with E-state index in [2.05, 4.69) is 10.3 Å². The zero-order valence-electron chi connectivity index (χ0n) is 11.9. The highest BCUT2D eigenvalue weighted by molar-refractivity contribution is 8.18. The number of hydrogen-bond donors (Lipinski definition) is 2. The van der Waals surface area contributed by atoms with Crippen molar-refractivity contribution >= 4 is 34.6 Å². The quantitative estimate of drug-likeness (QED) is 0.833. The van der Waals surface area contributed by atoms with Crippen LogP contribution in [0.1, 0.15) is 11.1 Å². The fraction of sp³-hybridized carbons (Fsp3) is 0.0588. The molecule has 0 aliphatic carbocycles. The van der Waals surface area contributed by atoms with Crippen LogP contribution in [0.5, 0.6) is 5.75 Å². The number of rotatable bonds is 2. The molecule has 5 heteroatoms. The lowest BCUT2D eigenvalue weighted by molar-refractivity contribution is -0.115. The van der Waals surface area contributed by atoms with E-state index in [1.54, 1.807) is 24.3 Å². The fourth-order valence-electron chi connectivity index (χ4n) is 1.98. The average molecular weight is 310 g/mol. The molecule has 0 saturated carbocycles. The largest absolute Gasteiger partial charge is 0.508 e. The van der Waals surface area contributed by atoms with Crippen molar-refractivity contribution in [2.24, 2.45) is 4.99 Å². The number of thioether (sulfide) groups is 1. The van der Waals surface area contributed by atoms with Gasteiger partial charge in [-0.05, 0) is 54.6 Å². The van der Waals surface area contributed by atoms with Crippen molar-refractivity contribution in [1.82, 2.24) is 5.32 Å². The Bertz CT molecular complexity index is 780. The smallest absolute Gasteiger partial charge is 0.264 e. The Hall–Kier alpha value is -2.53. The molecule has 0 aromatic heterocycles. The number of carbonyl (C=O) groups is 1. The standard InChI is InChI=1S/C17H14N2O2S/c1-11-5-7-13(8-6-11)18-17-19-16(21)15(22-17)10-12-3-2-4-14(20)9-12/h2-10,20H,1H3,(H,18,19,21)/b15-10+. The first-order chi connectivity index (χ1) is 10.6. The van der Waals surface area contributed by atoms with Crippen LogP contribution in [0.15, 0.2) is 58.4 Å². The Morgan fingerprint density at radius 2 is 1.95 bits per heavy atom. The van der Waals surface area contributed by atoms with Crippen molar-refractivity contribution < 1.29 is 9.90 Å². The van der Waals surface area contributed by atoms with Crippen molar-refractivity contribution in [2.45, 2.75) is 6.92 Å². The second-order valence-corrected chi connectivity index (χ2v) is 5.94. The number of nitrogens with zero attached hydrogens (tertiary/aromatic N) is 1. The topological polar surface area (TPSA) is 61.7 Å². The minimum Gasteiger partial charge on any atom is -0.508 e. The van der Waals surface area contributed by atoms with Gasteiger partial charge in [-0.3, -0.25) is 4.79 Å². The van der Waals surface area contributed by atoms with Crippen LogP contribution in [0, 0.1) is 6.92 Å². The molecule has 2 aromatic rings. The van der Waals surface area contributed by atoms with Crippen LogP contribution in [0.25, 0.3) is 6.08 Å². The van der Waals surface area contributed by atoms with Crippen LogP contribution in [0.3, 0.4) is 0 Å². The summed E-state index contributed by atoms with van der Waals surface area (Å²) < 4.78 is 0. The third-order valence-electron chi connectivity index (χ3n) is 3.08. The molecule has 2 N–H and O–H groups in total. The molecule has 1 fully saturated rings. The maximum Gasteiger partial charge on any atom is 0.264 e. The molecule has 0 spiro atoms. The number of aryl methyl sites for hydroxylation is 1. The molecule has 4 nitrogen and oxygen atoms in total. The fourth-order valence-corrected chi connectivity index (χ4v) is 2.82. The first-order valence-corrected chi connectivity index (χ1v) is 7.57. The van der Waals surface area contributed by atoms with Crippen molar-refractivity contribution in [1.29, 1.82) is 0 Å². The molecule has 1 aliphatic heterocycles. The summed E-state index contributed by atoms with van der Waals surface area (Å²) in [6.07, 6.45) is 1.73. The first-order valence-electron chi connectivity index (χ1n) is 6.75. The van der Waals surface area contributed by atoms with E-state index >= 15 is 0 Å². The third kappa shape index (κ3) is 3.38. The van der Waals surface area contributed by atoms with E-state index in [-0.39, 0.29) is 11.7 Å². The molecule has 0 atom stereocenters. The van der Waals surface area contributed by atoms with E-state index in [0.717, 1.165) is 16.8 Å². The van der Waals surface area contributed by atoms with E-state index in [1.807, 2.05) is 37.3 Å². The maximum atomic E-state index is 12.0. The molecule has 1 aliphatic rings. The van der Waals surface area contributed by atoms with Crippen LogP contribution in [-0.2, 0) is 4.79 Å². The van der Waals surface area contributed by atoms with E-state index in [0.29, 0.717) is 10.1 Å². The molecule has 2 aromatic carbocycles. The summed E-state index contributed by atoms with van der Waals surface area (Å²) in [6, 6.07) is 14.5. The number of amidine groups is 1. The Labute approximate surface area is 132 Å². The van der Waals surface area contributed by atoms with Crippen LogP contribution in [0.2, 0.25) is 0 Å². The maximum absolute atomic E-state index is 12.0. The highest BCUT2D eigenvalue weighted by Crippen LogP contribution is 2.28. The van der Waals surface area contributed by atoms with Crippen molar-refractivity contribution in [3.8, 4) is 5.75 Å². The summed E-state index contributed by atoms with van der Waals surface area (Å²) in [5.74, 6) is -0.00879. The molecule has 22 heavy (non-hydrogen) atoms. The normalized spacial score (nSPS) is 18.0. The van der Waals surface area contributed by atoms with Gasteiger partial charge in [0.05, 0.1) is 10.6 Å². The minimum atomic E-state index is -0.181. The molecule has 0 radical (unpaired) electrons. The summed E-state index contributed by atoms with van der Waals surface area (Å²) in [4.78, 5) is 16.9. The van der Waals surface area contributed by atoms with Gasteiger partial charge in [0.25, 0.3) is 5.91 Å². The van der Waals surface area contributed by atoms with Gasteiger partial charge in [0.2, 0.25) is 0 Å². The molecular formula is C17H14N2O2S. The van der Waals surface area contributed by atoms with Gasteiger partial charge in [0.1, 0.15) is 5.75 Å². The van der Waals surface area contributed by atoms with Crippen LogP contribution in [-0.4, -0.2) is 16.2 Å². The SMILES string of the molecule is Cc1ccc(N=C2NC(=O)/C(=C\c3cccc(O)c3)S2)cc1. The second kappa shape index (κ2) is 6.07. The van der Waals surface area contributed by atoms with Crippen molar-refractivity contribution in [2.75, 3.05) is 0 Å². The second-order valence-electron chi connectivity index (χ2n) is 4.91. The van der Waals surface area contributed by atoms with E-state index < -0.39 is 0 Å². The van der Waals surface area contributed by atoms with Gasteiger partial charge < -0.3 is 10.4 Å². The lowest BCUT2D eigenvalue weighted by atomic mass is 10.2. The predicted octanol–water partition coefficient (Wildman–Crippen LogP) is 3.59. The van der Waals surface area contributed by atoms with Gasteiger partial charge in [0, 0.05) is 0 Å². The Balaban J connectivity index is 1.82. The van der Waals surface area contributed by atoms with Crippen molar-refractivity contribution in [3.05, 3.63) is 64.6 Å². The summed E-state index contributed by atoms with van der Waals surface area (Å²) in [5, 5.41) is 12.8. The van der Waals surface area contributed by atoms with E-state index in [9.17, 15) is 9.90 Å². The number of phenolic OH excluding ortho intramolecular Hbond substituents is 1. The highest BCUT2D eigenvalue weighted by Gasteiger charge is 2.23. The number of nitrogens with one attached hydrogen (secondary N) is 1. The van der Waals surface area contributed by atoms with Crippen LogP contribution in [0.4, 0.5) is 5.69 Å². The molecule has 3 rings (SSSR count). The molecule has 1 saturated heterocycles. The Morgan fingerprint density at radius 1 is 1.18 bits per heavy atom. The lowest BCUT2D eigenvalue weighted by Gasteiger charge is -1.97. The molecule has 110 valence electrons. The Morgan fingerprint density at radius 3 is 2.68 bits per heavy atom. The highest BCUT2D eigenvalue weighted by atomic mass is 32.2. The molecule has 0 bridgehead atoms. The summed E-state index contributed by atoms with van der Waals surface area (Å²) in [5.41, 5.74) is 2.73. The molecule has 1 heterocycles. The monoisotopic (exact) mass is 310 g/mol.